The Hall–Kier alpha value is -2.47. The van der Waals surface area contributed by atoms with Gasteiger partial charge in [0.05, 0.1) is 5.02 Å². The van der Waals surface area contributed by atoms with Crippen LogP contribution in [-0.4, -0.2) is 29.3 Å². The van der Waals surface area contributed by atoms with Gasteiger partial charge in [0, 0.05) is 42.7 Å². The van der Waals surface area contributed by atoms with Crippen LogP contribution in [-0.2, 0) is 6.42 Å². The lowest BCUT2D eigenvalue weighted by molar-refractivity contribution is 0.318. The maximum Gasteiger partial charge on any atom is 0.179 e. The molecule has 2 heterocycles. The smallest absolute Gasteiger partial charge is 0.179 e. The molecule has 22 heavy (non-hydrogen) atoms. The summed E-state index contributed by atoms with van der Waals surface area (Å²) < 4.78 is 13.3. The van der Waals surface area contributed by atoms with Gasteiger partial charge in [0.15, 0.2) is 11.7 Å². The Morgan fingerprint density at radius 2 is 2.23 bits per heavy atom. The lowest BCUT2D eigenvalue weighted by atomic mass is 10.1. The average molecular weight is 319 g/mol. The third-order valence-electron chi connectivity index (χ3n) is 3.49. The van der Waals surface area contributed by atoms with Crippen LogP contribution in [0.1, 0.15) is 11.1 Å². The normalized spacial score (nSPS) is 13.3. The van der Waals surface area contributed by atoms with Crippen molar-refractivity contribution < 1.29 is 9.60 Å². The van der Waals surface area contributed by atoms with E-state index in [-0.39, 0.29) is 5.02 Å². The summed E-state index contributed by atoms with van der Waals surface area (Å²) in [5.74, 6) is 0.426. The van der Waals surface area contributed by atoms with Crippen LogP contribution in [0.2, 0.25) is 5.02 Å². The zero-order valence-electron chi connectivity index (χ0n) is 11.7. The molecule has 1 aliphatic rings. The monoisotopic (exact) mass is 318 g/mol. The van der Waals surface area contributed by atoms with Crippen LogP contribution in [0.5, 0.6) is 0 Å². The fourth-order valence-electron chi connectivity index (χ4n) is 2.34. The zero-order chi connectivity index (χ0) is 15.7. The fourth-order valence-corrected chi connectivity index (χ4v) is 2.52. The summed E-state index contributed by atoms with van der Waals surface area (Å²) in [7, 11) is 1.71. The van der Waals surface area contributed by atoms with Crippen molar-refractivity contribution in [2.75, 3.05) is 11.9 Å². The number of oxime groups is 1. The molecule has 0 aliphatic carbocycles. The van der Waals surface area contributed by atoms with E-state index in [1.165, 1.54) is 12.1 Å². The van der Waals surface area contributed by atoms with Gasteiger partial charge in [-0.15, -0.1) is 0 Å². The molecule has 0 unspecified atom stereocenters. The molecule has 3 rings (SSSR count). The average Bonchev–Trinajstić information content (AvgIpc) is 3.00. The van der Waals surface area contributed by atoms with Crippen molar-refractivity contribution in [3.8, 4) is 0 Å². The topological polar surface area (TPSA) is 61.1 Å². The summed E-state index contributed by atoms with van der Waals surface area (Å²) in [6.45, 7) is 0. The molecular weight excluding hydrogens is 307 g/mol. The molecule has 7 heteroatoms. The van der Waals surface area contributed by atoms with E-state index in [0.29, 0.717) is 29.3 Å². The number of benzene rings is 1. The van der Waals surface area contributed by atoms with Crippen molar-refractivity contribution in [1.82, 2.24) is 4.98 Å². The van der Waals surface area contributed by atoms with Crippen molar-refractivity contribution in [2.45, 2.75) is 6.42 Å². The quantitative estimate of drug-likeness (QED) is 0.399. The molecule has 0 saturated heterocycles. The second kappa shape index (κ2) is 5.73. The number of hydrogen-bond donors (Lipinski definition) is 1. The first-order valence-corrected chi connectivity index (χ1v) is 6.91. The van der Waals surface area contributed by atoms with Crippen molar-refractivity contribution >= 4 is 35.2 Å². The second-order valence-corrected chi connectivity index (χ2v) is 5.16. The molecule has 2 aromatic rings. The van der Waals surface area contributed by atoms with Crippen molar-refractivity contribution in [1.29, 1.82) is 0 Å². The highest BCUT2D eigenvalue weighted by Gasteiger charge is 2.21. The fraction of sp³-hybridized carbons (Fsp3) is 0.133. The predicted molar refractivity (Wildman–Crippen MR) is 84.2 cm³/mol. The highest BCUT2D eigenvalue weighted by Crippen LogP contribution is 2.28. The summed E-state index contributed by atoms with van der Waals surface area (Å²) in [5, 5.41) is 12.8. The molecule has 112 valence electrons. The summed E-state index contributed by atoms with van der Waals surface area (Å²) in [4.78, 5) is 9.97. The number of aromatic nitrogens is 1. The summed E-state index contributed by atoms with van der Waals surface area (Å²) >= 11 is 5.81. The van der Waals surface area contributed by atoms with Crippen molar-refractivity contribution in [3.63, 3.8) is 0 Å². The van der Waals surface area contributed by atoms with Crippen molar-refractivity contribution in [2.24, 2.45) is 10.1 Å². The number of hydrogen-bond acceptors (Lipinski definition) is 4. The Morgan fingerprint density at radius 1 is 1.41 bits per heavy atom. The van der Waals surface area contributed by atoms with Gasteiger partial charge in [-0.05, 0) is 24.3 Å². The zero-order valence-corrected chi connectivity index (χ0v) is 12.4. The predicted octanol–water partition coefficient (Wildman–Crippen LogP) is 3.40. The van der Waals surface area contributed by atoms with Crippen LogP contribution in [0, 0.1) is 5.82 Å². The van der Waals surface area contributed by atoms with Gasteiger partial charge in [-0.1, -0.05) is 16.8 Å². The number of anilines is 1. The summed E-state index contributed by atoms with van der Waals surface area (Å²) in [6, 6.07) is 6.05. The van der Waals surface area contributed by atoms with E-state index in [1.54, 1.807) is 36.5 Å². The van der Waals surface area contributed by atoms with E-state index >= 15 is 0 Å². The van der Waals surface area contributed by atoms with E-state index < -0.39 is 5.82 Å². The minimum atomic E-state index is -0.500. The second-order valence-electron chi connectivity index (χ2n) is 4.76. The van der Waals surface area contributed by atoms with Gasteiger partial charge < -0.3 is 10.1 Å². The first kappa shape index (κ1) is 14.5. The highest BCUT2D eigenvalue weighted by molar-refractivity contribution is 6.31. The number of fused-ring (bicyclic) bond motifs is 1. The van der Waals surface area contributed by atoms with Gasteiger partial charge in [-0.25, -0.2) is 14.4 Å². The Kier molecular flexibility index (Phi) is 3.77. The molecular formula is C15H12ClFN4O. The third kappa shape index (κ3) is 2.42. The van der Waals surface area contributed by atoms with Gasteiger partial charge >= 0.3 is 0 Å². The van der Waals surface area contributed by atoms with E-state index in [2.05, 4.69) is 15.1 Å². The molecule has 0 spiro atoms. The van der Waals surface area contributed by atoms with Crippen molar-refractivity contribution in [3.05, 3.63) is 52.4 Å². The first-order valence-electron chi connectivity index (χ1n) is 6.53. The maximum absolute atomic E-state index is 13.3. The Balaban J connectivity index is 2.02. The molecule has 0 fully saturated rings. The number of nitrogens with zero attached hydrogens (tertiary/aromatic N) is 4. The lowest BCUT2D eigenvalue weighted by Gasteiger charge is -2.21. The molecule has 1 aromatic heterocycles. The minimum Gasteiger partial charge on any atom is -0.409 e. The van der Waals surface area contributed by atoms with E-state index in [0.717, 1.165) is 5.56 Å². The maximum atomic E-state index is 13.3. The molecule has 0 bridgehead atoms. The van der Waals surface area contributed by atoms with E-state index in [4.69, 9.17) is 11.6 Å². The van der Waals surface area contributed by atoms with Gasteiger partial charge in [-0.2, -0.15) is 0 Å². The van der Waals surface area contributed by atoms with Gasteiger partial charge in [0.25, 0.3) is 0 Å². The molecule has 1 aromatic carbocycles. The number of halogens is 2. The first-order chi connectivity index (χ1) is 10.6. The van der Waals surface area contributed by atoms with Crippen LogP contribution in [0.3, 0.4) is 0 Å². The lowest BCUT2D eigenvalue weighted by Crippen LogP contribution is -2.28. The van der Waals surface area contributed by atoms with Crippen LogP contribution in [0.4, 0.5) is 15.9 Å². The van der Waals surface area contributed by atoms with Gasteiger partial charge in [0.1, 0.15) is 5.82 Å². The standard InChI is InChI=1S/C15H12ClFN4O/c1-21(9-2-3-13(17)12(16)8-9)15(20-22)11-5-7-19-14-10(11)4-6-18-14/h2-3,5-8,22H,4H2,1H3/b20-15-. The van der Waals surface area contributed by atoms with Gasteiger partial charge in [-0.3, -0.25) is 0 Å². The summed E-state index contributed by atoms with van der Waals surface area (Å²) in [6.07, 6.45) is 3.98. The molecule has 0 saturated carbocycles. The van der Waals surface area contributed by atoms with Gasteiger partial charge in [0.2, 0.25) is 0 Å². The SMILES string of the molecule is CN(/C(=N\O)c1ccnc2c1CC=N2)c1ccc(F)c(Cl)c1. The number of aliphatic imine (C=N–C) groups is 1. The van der Waals surface area contributed by atoms with E-state index in [1.807, 2.05) is 0 Å². The number of amidine groups is 1. The van der Waals surface area contributed by atoms with Crippen LogP contribution >= 0.6 is 11.6 Å². The molecule has 1 aliphatic heterocycles. The largest absolute Gasteiger partial charge is 0.409 e. The molecule has 5 nitrogen and oxygen atoms in total. The molecule has 0 atom stereocenters. The molecule has 0 radical (unpaired) electrons. The Bertz CT molecular complexity index is 791. The Morgan fingerprint density at radius 3 is 2.95 bits per heavy atom. The Labute approximate surface area is 131 Å². The number of rotatable bonds is 2. The highest BCUT2D eigenvalue weighted by atomic mass is 35.5. The van der Waals surface area contributed by atoms with Crippen LogP contribution in [0.15, 0.2) is 40.6 Å². The van der Waals surface area contributed by atoms with Crippen LogP contribution in [0.25, 0.3) is 0 Å². The third-order valence-corrected chi connectivity index (χ3v) is 3.78. The van der Waals surface area contributed by atoms with E-state index in [9.17, 15) is 9.60 Å². The number of pyridine rings is 1. The molecule has 0 amide bonds. The van der Waals surface area contributed by atoms with Crippen LogP contribution < -0.4 is 4.90 Å². The molecule has 1 N–H and O–H groups in total. The summed E-state index contributed by atoms with van der Waals surface area (Å²) in [5.41, 5.74) is 2.20. The minimum absolute atomic E-state index is 0.00457.